The molecule has 0 aromatic carbocycles. The van der Waals surface area contributed by atoms with Crippen LogP contribution < -0.4 is 5.73 Å². The predicted octanol–water partition coefficient (Wildman–Crippen LogP) is 0.407. The number of aliphatic hydroxyl groups is 1. The third kappa shape index (κ3) is 1.50. The molecule has 1 rings (SSSR count). The Balaban J connectivity index is 2.75. The zero-order chi connectivity index (χ0) is 6.85. The van der Waals surface area contributed by atoms with E-state index in [1.54, 1.807) is 12.2 Å². The molecule has 50 valence electrons. The van der Waals surface area contributed by atoms with Crippen molar-refractivity contribution in [2.24, 2.45) is 5.73 Å². The van der Waals surface area contributed by atoms with Gasteiger partial charge in [-0.25, -0.2) is 0 Å². The first-order valence-corrected chi connectivity index (χ1v) is 3.19. The van der Waals surface area contributed by atoms with Gasteiger partial charge in [0.15, 0.2) is 0 Å². The zero-order valence-corrected chi connectivity index (χ0v) is 5.81. The summed E-state index contributed by atoms with van der Waals surface area (Å²) >= 11 is 4.02. The lowest BCUT2D eigenvalue weighted by Crippen LogP contribution is -2.10. The molecule has 0 saturated carbocycles. The van der Waals surface area contributed by atoms with E-state index in [0.717, 1.165) is 0 Å². The van der Waals surface area contributed by atoms with Crippen molar-refractivity contribution in [1.29, 1.82) is 0 Å². The second-order valence-corrected chi connectivity index (χ2v) is 2.50. The van der Waals surface area contributed by atoms with Crippen LogP contribution in [-0.4, -0.2) is 11.2 Å². The Morgan fingerprint density at radius 3 is 2.89 bits per heavy atom. The maximum absolute atomic E-state index is 8.97. The molecule has 3 heteroatoms. The molecule has 0 aromatic heterocycles. The molecule has 0 aliphatic heterocycles. The fourth-order valence-corrected chi connectivity index (χ4v) is 0.962. The van der Waals surface area contributed by atoms with Crippen molar-refractivity contribution in [2.75, 3.05) is 0 Å². The normalized spacial score (nSPS) is 27.1. The van der Waals surface area contributed by atoms with Gasteiger partial charge in [0, 0.05) is 10.6 Å². The summed E-state index contributed by atoms with van der Waals surface area (Å²) in [5.74, 6) is 0. The van der Waals surface area contributed by atoms with Crippen LogP contribution in [0.4, 0.5) is 0 Å². The molecule has 9 heavy (non-hydrogen) atoms. The average Bonchev–Trinajstić information content (AvgIpc) is 1.80. The van der Waals surface area contributed by atoms with E-state index in [0.29, 0.717) is 17.0 Å². The van der Waals surface area contributed by atoms with Crippen molar-refractivity contribution in [3.63, 3.8) is 0 Å². The van der Waals surface area contributed by atoms with Crippen molar-refractivity contribution in [3.8, 4) is 0 Å². The summed E-state index contributed by atoms with van der Waals surface area (Å²) in [4.78, 5) is 0.675. The Labute approximate surface area is 59.5 Å². The SMILES string of the molecule is NC1=CCC(O)C=C1S. The van der Waals surface area contributed by atoms with Gasteiger partial charge in [0.2, 0.25) is 0 Å². The van der Waals surface area contributed by atoms with Gasteiger partial charge in [-0.05, 0) is 12.5 Å². The molecule has 1 aliphatic carbocycles. The zero-order valence-electron chi connectivity index (χ0n) is 4.91. The van der Waals surface area contributed by atoms with Crippen LogP contribution in [0, 0.1) is 0 Å². The molecule has 0 heterocycles. The Morgan fingerprint density at radius 1 is 1.78 bits per heavy atom. The number of aliphatic hydroxyl groups excluding tert-OH is 1. The minimum absolute atomic E-state index is 0.398. The van der Waals surface area contributed by atoms with Gasteiger partial charge in [0.1, 0.15) is 0 Å². The van der Waals surface area contributed by atoms with Crippen LogP contribution >= 0.6 is 12.6 Å². The molecule has 1 atom stereocenters. The summed E-state index contributed by atoms with van der Waals surface area (Å²) in [5.41, 5.74) is 6.10. The maximum atomic E-state index is 8.97. The van der Waals surface area contributed by atoms with E-state index >= 15 is 0 Å². The van der Waals surface area contributed by atoms with E-state index in [1.807, 2.05) is 0 Å². The van der Waals surface area contributed by atoms with Gasteiger partial charge in [-0.3, -0.25) is 0 Å². The lowest BCUT2D eigenvalue weighted by atomic mass is 10.1. The molecule has 1 unspecified atom stereocenters. The maximum Gasteiger partial charge on any atom is 0.0770 e. The molecule has 1 aliphatic rings. The summed E-state index contributed by atoms with van der Waals surface area (Å²) in [6, 6.07) is 0. The first kappa shape index (κ1) is 6.71. The van der Waals surface area contributed by atoms with Crippen LogP contribution in [-0.2, 0) is 0 Å². The van der Waals surface area contributed by atoms with Gasteiger partial charge >= 0.3 is 0 Å². The molecule has 0 saturated heterocycles. The van der Waals surface area contributed by atoms with E-state index in [1.165, 1.54) is 0 Å². The average molecular weight is 143 g/mol. The van der Waals surface area contributed by atoms with E-state index in [2.05, 4.69) is 12.6 Å². The summed E-state index contributed by atoms with van der Waals surface area (Å²) in [6.45, 7) is 0. The molecular formula is C6H9NOS. The molecule has 0 spiro atoms. The highest BCUT2D eigenvalue weighted by molar-refractivity contribution is 7.84. The van der Waals surface area contributed by atoms with Crippen molar-refractivity contribution in [1.82, 2.24) is 0 Å². The van der Waals surface area contributed by atoms with Gasteiger partial charge in [0.05, 0.1) is 6.10 Å². The quantitative estimate of drug-likeness (QED) is 0.430. The number of hydrogen-bond acceptors (Lipinski definition) is 3. The Morgan fingerprint density at radius 2 is 2.44 bits per heavy atom. The Bertz CT molecular complexity index is 174. The van der Waals surface area contributed by atoms with Crippen LogP contribution in [0.5, 0.6) is 0 Å². The number of rotatable bonds is 0. The fraction of sp³-hybridized carbons (Fsp3) is 0.333. The number of nitrogens with two attached hydrogens (primary N) is 1. The van der Waals surface area contributed by atoms with Crippen LogP contribution in [0.3, 0.4) is 0 Å². The van der Waals surface area contributed by atoms with Crippen LogP contribution in [0.15, 0.2) is 22.8 Å². The highest BCUT2D eigenvalue weighted by Gasteiger charge is 2.06. The predicted molar refractivity (Wildman–Crippen MR) is 40.0 cm³/mol. The van der Waals surface area contributed by atoms with Gasteiger partial charge in [-0.2, -0.15) is 0 Å². The van der Waals surface area contributed by atoms with Crippen molar-refractivity contribution in [3.05, 3.63) is 22.8 Å². The molecule has 0 amide bonds. The molecule has 0 fully saturated rings. The molecule has 0 radical (unpaired) electrons. The van der Waals surface area contributed by atoms with E-state index in [-0.39, 0.29) is 0 Å². The van der Waals surface area contributed by atoms with Crippen molar-refractivity contribution >= 4 is 12.6 Å². The first-order valence-electron chi connectivity index (χ1n) is 2.75. The van der Waals surface area contributed by atoms with Crippen molar-refractivity contribution in [2.45, 2.75) is 12.5 Å². The summed E-state index contributed by atoms with van der Waals surface area (Å²) in [6.07, 6.45) is 3.62. The fourth-order valence-electron chi connectivity index (χ4n) is 0.699. The molecular weight excluding hydrogens is 134 g/mol. The van der Waals surface area contributed by atoms with Gasteiger partial charge in [-0.15, -0.1) is 12.6 Å². The third-order valence-corrected chi connectivity index (χ3v) is 1.63. The molecule has 0 aromatic rings. The largest absolute Gasteiger partial charge is 0.398 e. The lowest BCUT2D eigenvalue weighted by molar-refractivity contribution is 0.225. The smallest absolute Gasteiger partial charge is 0.0770 e. The monoisotopic (exact) mass is 143 g/mol. The van der Waals surface area contributed by atoms with Crippen LogP contribution in [0.1, 0.15) is 6.42 Å². The third-order valence-electron chi connectivity index (χ3n) is 1.23. The van der Waals surface area contributed by atoms with Gasteiger partial charge in [-0.1, -0.05) is 6.08 Å². The summed E-state index contributed by atoms with van der Waals surface area (Å²) in [7, 11) is 0. The minimum Gasteiger partial charge on any atom is -0.398 e. The highest BCUT2D eigenvalue weighted by atomic mass is 32.1. The topological polar surface area (TPSA) is 46.2 Å². The first-order chi connectivity index (χ1) is 4.20. The Hall–Kier alpha value is -0.410. The molecule has 0 bridgehead atoms. The lowest BCUT2D eigenvalue weighted by Gasteiger charge is -2.10. The number of hydrogen-bond donors (Lipinski definition) is 3. The number of thiol groups is 1. The second-order valence-electron chi connectivity index (χ2n) is 2.01. The second kappa shape index (κ2) is 2.45. The highest BCUT2D eigenvalue weighted by Crippen LogP contribution is 2.17. The van der Waals surface area contributed by atoms with Gasteiger partial charge in [0.25, 0.3) is 0 Å². The van der Waals surface area contributed by atoms with Crippen molar-refractivity contribution < 1.29 is 5.11 Å². The van der Waals surface area contributed by atoms with Crippen LogP contribution in [0.2, 0.25) is 0 Å². The standard InChI is InChI=1S/C6H9NOS/c7-5-2-1-4(8)3-6(5)9/h2-4,8-9H,1,7H2. The molecule has 3 N–H and O–H groups in total. The summed E-state index contributed by atoms with van der Waals surface area (Å²) in [5, 5.41) is 8.97. The van der Waals surface area contributed by atoms with E-state index in [9.17, 15) is 0 Å². The molecule has 2 nitrogen and oxygen atoms in total. The van der Waals surface area contributed by atoms with Gasteiger partial charge < -0.3 is 10.8 Å². The van der Waals surface area contributed by atoms with E-state index < -0.39 is 6.10 Å². The van der Waals surface area contributed by atoms with E-state index in [4.69, 9.17) is 10.8 Å². The summed E-state index contributed by atoms with van der Waals surface area (Å²) < 4.78 is 0. The Kier molecular flexibility index (Phi) is 1.83. The van der Waals surface area contributed by atoms with Crippen LogP contribution in [0.25, 0.3) is 0 Å². The minimum atomic E-state index is -0.398.